The lowest BCUT2D eigenvalue weighted by Gasteiger charge is -2.32. The first-order chi connectivity index (χ1) is 17.1. The molecule has 4 aromatic rings. The number of nitriles is 1. The third-order valence-corrected chi connectivity index (χ3v) is 6.30. The number of benzene rings is 1. The summed E-state index contributed by atoms with van der Waals surface area (Å²) in [5.74, 6) is 0.885. The lowest BCUT2D eigenvalue weighted by Crippen LogP contribution is -2.40. The molecule has 1 amide bonds. The van der Waals surface area contributed by atoms with E-state index in [4.69, 9.17) is 21.4 Å². The van der Waals surface area contributed by atoms with Crippen LogP contribution in [0.25, 0.3) is 22.2 Å². The number of aromatic nitrogens is 4. The van der Waals surface area contributed by atoms with Crippen LogP contribution in [-0.4, -0.2) is 43.6 Å². The summed E-state index contributed by atoms with van der Waals surface area (Å²) in [7, 11) is 0. The van der Waals surface area contributed by atoms with E-state index < -0.39 is 0 Å². The van der Waals surface area contributed by atoms with Gasteiger partial charge in [-0.25, -0.2) is 4.98 Å². The molecule has 0 saturated carbocycles. The molecule has 1 saturated heterocycles. The van der Waals surface area contributed by atoms with E-state index in [-0.39, 0.29) is 17.6 Å². The minimum absolute atomic E-state index is 0.0126. The van der Waals surface area contributed by atoms with Crippen LogP contribution in [0.15, 0.2) is 67.6 Å². The highest BCUT2D eigenvalue weighted by atomic mass is 35.5. The van der Waals surface area contributed by atoms with Gasteiger partial charge in [0.2, 0.25) is 5.91 Å². The summed E-state index contributed by atoms with van der Waals surface area (Å²) in [6.45, 7) is 4.86. The fraction of sp³-hybridized carbons (Fsp3) is 0.192. The summed E-state index contributed by atoms with van der Waals surface area (Å²) >= 11 is 6.58. The Balaban J connectivity index is 1.49. The molecule has 5 rings (SSSR count). The van der Waals surface area contributed by atoms with Gasteiger partial charge in [-0.1, -0.05) is 18.2 Å². The Kier molecular flexibility index (Phi) is 6.17. The molecule has 0 spiro atoms. The van der Waals surface area contributed by atoms with E-state index in [2.05, 4.69) is 16.5 Å². The number of likely N-dealkylation sites (tertiary alicyclic amines) is 1. The average molecular weight is 485 g/mol. The van der Waals surface area contributed by atoms with Crippen molar-refractivity contribution in [2.75, 3.05) is 13.1 Å². The highest BCUT2D eigenvalue weighted by Gasteiger charge is 2.27. The molecule has 4 heterocycles. The molecule has 1 aromatic carbocycles. The maximum absolute atomic E-state index is 12.2. The van der Waals surface area contributed by atoms with Crippen LogP contribution in [0.1, 0.15) is 24.6 Å². The zero-order valence-electron chi connectivity index (χ0n) is 18.8. The number of pyridine rings is 2. The van der Waals surface area contributed by atoms with E-state index in [0.29, 0.717) is 29.6 Å². The number of ether oxygens (including phenoxy) is 1. The first kappa shape index (κ1) is 22.6. The standard InChI is InChI=1S/C26H21ClN6O2/c1-2-24(34)32-12-4-5-18(16-32)33-26-20(14-29-15-21(26)27)25(31-33)17-7-9-19(10-8-17)35-23-6-3-11-30-22(23)13-28/h2-3,6-11,14-15,18H,1,4-5,12,16H2/t18-/m1/s1. The second-order valence-electron chi connectivity index (χ2n) is 8.18. The Morgan fingerprint density at radius 3 is 2.86 bits per heavy atom. The van der Waals surface area contributed by atoms with Crippen LogP contribution in [0, 0.1) is 11.3 Å². The number of rotatable bonds is 5. The molecule has 1 fully saturated rings. The number of carbonyl (C=O) groups is 1. The van der Waals surface area contributed by atoms with Gasteiger partial charge in [0, 0.05) is 42.6 Å². The van der Waals surface area contributed by atoms with Crippen molar-refractivity contribution in [1.82, 2.24) is 24.6 Å². The average Bonchev–Trinajstić information content (AvgIpc) is 3.30. The molecule has 0 radical (unpaired) electrons. The van der Waals surface area contributed by atoms with Crippen LogP contribution < -0.4 is 4.74 Å². The van der Waals surface area contributed by atoms with Gasteiger partial charge >= 0.3 is 0 Å². The van der Waals surface area contributed by atoms with E-state index in [1.807, 2.05) is 35.0 Å². The highest BCUT2D eigenvalue weighted by Crippen LogP contribution is 2.36. The third kappa shape index (κ3) is 4.34. The molecule has 1 aliphatic rings. The molecular weight excluding hydrogens is 464 g/mol. The monoisotopic (exact) mass is 484 g/mol. The third-order valence-electron chi connectivity index (χ3n) is 6.03. The second-order valence-corrected chi connectivity index (χ2v) is 8.59. The van der Waals surface area contributed by atoms with Crippen molar-refractivity contribution < 1.29 is 9.53 Å². The van der Waals surface area contributed by atoms with Gasteiger partial charge in [-0.3, -0.25) is 14.5 Å². The van der Waals surface area contributed by atoms with Crippen LogP contribution in [-0.2, 0) is 4.79 Å². The van der Waals surface area contributed by atoms with Gasteiger partial charge in [0.05, 0.1) is 16.6 Å². The predicted molar refractivity (Wildman–Crippen MR) is 132 cm³/mol. The first-order valence-electron chi connectivity index (χ1n) is 11.2. The SMILES string of the molecule is C=CC(=O)N1CCC[C@@H](n2nc(-c3ccc(Oc4cccnc4C#N)cc3)c3cncc(Cl)c32)C1. The topological polar surface area (TPSA) is 96.9 Å². The normalized spacial score (nSPS) is 15.5. The maximum Gasteiger partial charge on any atom is 0.246 e. The van der Waals surface area contributed by atoms with Crippen molar-refractivity contribution in [3.05, 3.63) is 78.4 Å². The molecule has 0 N–H and O–H groups in total. The highest BCUT2D eigenvalue weighted by molar-refractivity contribution is 6.35. The van der Waals surface area contributed by atoms with E-state index >= 15 is 0 Å². The minimum Gasteiger partial charge on any atom is -0.454 e. The van der Waals surface area contributed by atoms with Crippen LogP contribution in [0.2, 0.25) is 5.02 Å². The number of carbonyl (C=O) groups excluding carboxylic acids is 1. The Morgan fingerprint density at radius 2 is 2.09 bits per heavy atom. The molecule has 1 atom stereocenters. The molecular formula is C26H21ClN6O2. The van der Waals surface area contributed by atoms with Crippen LogP contribution >= 0.6 is 11.6 Å². The number of piperidine rings is 1. The van der Waals surface area contributed by atoms with Gasteiger partial charge < -0.3 is 9.64 Å². The maximum atomic E-state index is 12.2. The van der Waals surface area contributed by atoms with E-state index in [9.17, 15) is 10.1 Å². The molecule has 0 bridgehead atoms. The summed E-state index contributed by atoms with van der Waals surface area (Å²) in [5, 5.41) is 15.5. The number of hydrogen-bond donors (Lipinski definition) is 0. The largest absolute Gasteiger partial charge is 0.454 e. The zero-order valence-corrected chi connectivity index (χ0v) is 19.5. The van der Waals surface area contributed by atoms with Gasteiger partial charge in [-0.05, 0) is 55.3 Å². The smallest absolute Gasteiger partial charge is 0.246 e. The van der Waals surface area contributed by atoms with Gasteiger partial charge in [0.25, 0.3) is 0 Å². The second kappa shape index (κ2) is 9.57. The summed E-state index contributed by atoms with van der Waals surface area (Å²) < 4.78 is 7.78. The van der Waals surface area contributed by atoms with Crippen LogP contribution in [0.3, 0.4) is 0 Å². The Bertz CT molecular complexity index is 1460. The Labute approximate surface area is 207 Å². The summed E-state index contributed by atoms with van der Waals surface area (Å²) in [4.78, 5) is 22.3. The van der Waals surface area contributed by atoms with Crippen molar-refractivity contribution in [2.24, 2.45) is 0 Å². The molecule has 8 nitrogen and oxygen atoms in total. The van der Waals surface area contributed by atoms with Crippen molar-refractivity contribution in [3.63, 3.8) is 0 Å². The number of fused-ring (bicyclic) bond motifs is 1. The van der Waals surface area contributed by atoms with Gasteiger partial charge in [-0.15, -0.1) is 0 Å². The number of halogens is 1. The molecule has 9 heteroatoms. The summed E-state index contributed by atoms with van der Waals surface area (Å²) in [6, 6.07) is 12.9. The molecule has 0 unspecified atom stereocenters. The van der Waals surface area contributed by atoms with E-state index in [0.717, 1.165) is 35.0 Å². The van der Waals surface area contributed by atoms with Crippen molar-refractivity contribution in [3.8, 4) is 28.8 Å². The quantitative estimate of drug-likeness (QED) is 0.363. The Morgan fingerprint density at radius 1 is 1.26 bits per heavy atom. The Hall–Kier alpha value is -4.22. The lowest BCUT2D eigenvalue weighted by molar-refractivity contribution is -0.127. The lowest BCUT2D eigenvalue weighted by atomic mass is 10.1. The molecule has 174 valence electrons. The molecule has 35 heavy (non-hydrogen) atoms. The van der Waals surface area contributed by atoms with Crippen molar-refractivity contribution >= 4 is 28.4 Å². The number of nitrogens with zero attached hydrogens (tertiary/aromatic N) is 6. The summed E-state index contributed by atoms with van der Waals surface area (Å²) in [5.41, 5.74) is 2.63. The fourth-order valence-electron chi connectivity index (χ4n) is 4.37. The first-order valence-corrected chi connectivity index (χ1v) is 11.5. The number of amides is 1. The van der Waals surface area contributed by atoms with Gasteiger partial charge in [-0.2, -0.15) is 10.4 Å². The zero-order chi connectivity index (χ0) is 24.4. The fourth-order valence-corrected chi connectivity index (χ4v) is 4.62. The minimum atomic E-state index is -0.0806. The molecule has 0 aliphatic carbocycles. The van der Waals surface area contributed by atoms with Gasteiger partial charge in [0.15, 0.2) is 11.4 Å². The van der Waals surface area contributed by atoms with E-state index in [1.165, 1.54) is 6.08 Å². The van der Waals surface area contributed by atoms with Crippen molar-refractivity contribution in [1.29, 1.82) is 5.26 Å². The molecule has 1 aliphatic heterocycles. The van der Waals surface area contributed by atoms with Gasteiger partial charge in [0.1, 0.15) is 17.5 Å². The number of hydrogen-bond acceptors (Lipinski definition) is 6. The summed E-state index contributed by atoms with van der Waals surface area (Å²) in [6.07, 6.45) is 8.02. The van der Waals surface area contributed by atoms with E-state index in [1.54, 1.807) is 35.6 Å². The van der Waals surface area contributed by atoms with Crippen molar-refractivity contribution in [2.45, 2.75) is 18.9 Å². The predicted octanol–water partition coefficient (Wildman–Crippen LogP) is 5.16. The molecule has 3 aromatic heterocycles. The van der Waals surface area contributed by atoms with Crippen LogP contribution in [0.4, 0.5) is 0 Å². The van der Waals surface area contributed by atoms with Crippen LogP contribution in [0.5, 0.6) is 11.5 Å².